The minimum atomic E-state index is 0.268. The Labute approximate surface area is 176 Å². The van der Waals surface area contributed by atoms with E-state index in [0.717, 1.165) is 36.0 Å². The van der Waals surface area contributed by atoms with Crippen LogP contribution >= 0.6 is 15.9 Å². The molecule has 154 valence electrons. The third kappa shape index (κ3) is 3.38. The molecule has 0 radical (unpaired) electrons. The van der Waals surface area contributed by atoms with Gasteiger partial charge in [-0.3, -0.25) is 4.79 Å². The topological polar surface area (TPSA) is 17.1 Å². The van der Waals surface area contributed by atoms with Gasteiger partial charge in [0.2, 0.25) is 0 Å². The first-order valence-corrected chi connectivity index (χ1v) is 13.1. The maximum Gasteiger partial charge on any atom is 0.147 e. The van der Waals surface area contributed by atoms with Gasteiger partial charge < -0.3 is 0 Å². The average Bonchev–Trinajstić information content (AvgIpc) is 2.91. The van der Waals surface area contributed by atoms with Gasteiger partial charge in [-0.25, -0.2) is 0 Å². The summed E-state index contributed by atoms with van der Waals surface area (Å²) >= 11 is 3.50. The van der Waals surface area contributed by atoms with Crippen molar-refractivity contribution in [3.8, 4) is 0 Å². The van der Waals surface area contributed by atoms with Gasteiger partial charge in [-0.05, 0) is 91.8 Å². The predicted octanol–water partition coefficient (Wildman–Crippen LogP) is 7.42. The van der Waals surface area contributed by atoms with Crippen molar-refractivity contribution < 1.29 is 4.79 Å². The van der Waals surface area contributed by atoms with Crippen LogP contribution in [0.1, 0.15) is 97.8 Å². The fourth-order valence-electron chi connectivity index (χ4n) is 8.74. The standard InChI is InChI=1S/C25H41BrO/c1-17-7-6-13-24(2)18(15-17)10-11-19-20-8-4-5-9-22(23(27)16-26)25(20,3)14-12-21(19)24/h17-22H,4-16H2,1-3H3. The van der Waals surface area contributed by atoms with Crippen molar-refractivity contribution in [1.29, 1.82) is 0 Å². The molecular weight excluding hydrogens is 396 g/mol. The number of alkyl halides is 1. The highest BCUT2D eigenvalue weighted by Crippen LogP contribution is 2.65. The van der Waals surface area contributed by atoms with Crippen molar-refractivity contribution in [1.82, 2.24) is 0 Å². The minimum absolute atomic E-state index is 0.268. The first-order valence-electron chi connectivity index (χ1n) is 12.0. The number of rotatable bonds is 2. The van der Waals surface area contributed by atoms with E-state index in [9.17, 15) is 4.79 Å². The SMILES string of the molecule is CC1CCCC2(C)C(CCC3C2CCC2(C)C(C(=O)CBr)CCCCC32)C1. The molecule has 0 aromatic heterocycles. The zero-order chi connectivity index (χ0) is 19.2. The van der Waals surface area contributed by atoms with Crippen LogP contribution in [-0.4, -0.2) is 11.1 Å². The van der Waals surface area contributed by atoms with Gasteiger partial charge in [0.1, 0.15) is 5.78 Å². The molecule has 4 aliphatic carbocycles. The first-order chi connectivity index (χ1) is 12.9. The van der Waals surface area contributed by atoms with E-state index in [0.29, 0.717) is 22.4 Å². The van der Waals surface area contributed by atoms with Crippen LogP contribution < -0.4 is 0 Å². The van der Waals surface area contributed by atoms with Crippen LogP contribution in [0.2, 0.25) is 0 Å². The lowest BCUT2D eigenvalue weighted by atomic mass is 9.44. The summed E-state index contributed by atoms with van der Waals surface area (Å²) in [6.45, 7) is 7.71. The van der Waals surface area contributed by atoms with E-state index in [4.69, 9.17) is 0 Å². The molecule has 2 heteroatoms. The van der Waals surface area contributed by atoms with Crippen molar-refractivity contribution in [2.24, 2.45) is 46.3 Å². The van der Waals surface area contributed by atoms with Gasteiger partial charge in [-0.1, -0.05) is 62.4 Å². The largest absolute Gasteiger partial charge is 0.298 e. The summed E-state index contributed by atoms with van der Waals surface area (Å²) in [5.74, 6) is 5.31. The van der Waals surface area contributed by atoms with E-state index in [-0.39, 0.29) is 5.41 Å². The van der Waals surface area contributed by atoms with Gasteiger partial charge in [0.05, 0.1) is 5.33 Å². The fraction of sp³-hybridized carbons (Fsp3) is 0.960. The molecule has 0 N–H and O–H groups in total. The Morgan fingerprint density at radius 3 is 2.41 bits per heavy atom. The van der Waals surface area contributed by atoms with Crippen molar-refractivity contribution >= 4 is 21.7 Å². The van der Waals surface area contributed by atoms with E-state index in [1.165, 1.54) is 70.6 Å². The van der Waals surface area contributed by atoms with Gasteiger partial charge in [-0.2, -0.15) is 0 Å². The number of hydrogen-bond donors (Lipinski definition) is 0. The Kier molecular flexibility index (Phi) is 5.87. The molecule has 0 aromatic carbocycles. The highest BCUT2D eigenvalue weighted by molar-refractivity contribution is 9.09. The smallest absolute Gasteiger partial charge is 0.147 e. The fourth-order valence-corrected chi connectivity index (χ4v) is 9.13. The molecule has 27 heavy (non-hydrogen) atoms. The second-order valence-corrected chi connectivity index (χ2v) is 11.9. The van der Waals surface area contributed by atoms with Crippen molar-refractivity contribution in [3.63, 3.8) is 0 Å². The Balaban J connectivity index is 1.64. The molecule has 4 rings (SSSR count). The van der Waals surface area contributed by atoms with E-state index in [2.05, 4.69) is 36.7 Å². The number of fused-ring (bicyclic) bond motifs is 5. The van der Waals surface area contributed by atoms with Crippen LogP contribution in [0, 0.1) is 46.3 Å². The molecule has 8 unspecified atom stereocenters. The van der Waals surface area contributed by atoms with Gasteiger partial charge in [-0.15, -0.1) is 0 Å². The summed E-state index contributed by atoms with van der Waals surface area (Å²) in [6.07, 6.45) is 16.6. The predicted molar refractivity (Wildman–Crippen MR) is 117 cm³/mol. The zero-order valence-electron chi connectivity index (χ0n) is 17.9. The van der Waals surface area contributed by atoms with E-state index >= 15 is 0 Å². The Morgan fingerprint density at radius 2 is 1.63 bits per heavy atom. The number of hydrogen-bond acceptors (Lipinski definition) is 1. The van der Waals surface area contributed by atoms with Gasteiger partial charge in [0, 0.05) is 5.92 Å². The van der Waals surface area contributed by atoms with Crippen LogP contribution in [0.3, 0.4) is 0 Å². The highest BCUT2D eigenvalue weighted by atomic mass is 79.9. The second kappa shape index (κ2) is 7.77. The molecule has 0 aliphatic heterocycles. The third-order valence-corrected chi connectivity index (χ3v) is 10.7. The van der Waals surface area contributed by atoms with E-state index in [1.807, 2.05) is 0 Å². The number of halogens is 1. The normalized spacial score (nSPS) is 50.5. The van der Waals surface area contributed by atoms with Gasteiger partial charge >= 0.3 is 0 Å². The summed E-state index contributed by atoms with van der Waals surface area (Å²) in [5, 5.41) is 0.561. The quantitative estimate of drug-likeness (QED) is 0.411. The molecule has 0 bridgehead atoms. The lowest BCUT2D eigenvalue weighted by molar-refractivity contribution is -0.140. The Bertz CT molecular complexity index is 559. The summed E-state index contributed by atoms with van der Waals surface area (Å²) < 4.78 is 0. The molecule has 0 saturated heterocycles. The van der Waals surface area contributed by atoms with Gasteiger partial charge in [0.25, 0.3) is 0 Å². The van der Waals surface area contributed by atoms with Crippen molar-refractivity contribution in [2.45, 2.75) is 97.8 Å². The number of carbonyl (C=O) groups excluding carboxylic acids is 1. The molecule has 0 amide bonds. The van der Waals surface area contributed by atoms with Crippen LogP contribution in [0.5, 0.6) is 0 Å². The maximum absolute atomic E-state index is 12.9. The molecule has 8 atom stereocenters. The van der Waals surface area contributed by atoms with Crippen molar-refractivity contribution in [3.05, 3.63) is 0 Å². The van der Waals surface area contributed by atoms with Gasteiger partial charge in [0.15, 0.2) is 0 Å². The van der Waals surface area contributed by atoms with Crippen molar-refractivity contribution in [2.75, 3.05) is 5.33 Å². The number of carbonyl (C=O) groups is 1. The summed E-state index contributed by atoms with van der Waals surface area (Å²) in [7, 11) is 0. The van der Waals surface area contributed by atoms with Crippen LogP contribution in [0.15, 0.2) is 0 Å². The molecule has 4 fully saturated rings. The van der Waals surface area contributed by atoms with Crippen LogP contribution in [0.4, 0.5) is 0 Å². The first kappa shape index (κ1) is 20.4. The lowest BCUT2D eigenvalue weighted by Gasteiger charge is -2.60. The summed E-state index contributed by atoms with van der Waals surface area (Å²) in [6, 6.07) is 0. The second-order valence-electron chi connectivity index (χ2n) is 11.4. The molecule has 4 aliphatic rings. The zero-order valence-corrected chi connectivity index (χ0v) is 19.5. The summed E-state index contributed by atoms with van der Waals surface area (Å²) in [4.78, 5) is 12.9. The Morgan fingerprint density at radius 1 is 0.889 bits per heavy atom. The molecule has 0 spiro atoms. The van der Waals surface area contributed by atoms with E-state index in [1.54, 1.807) is 0 Å². The average molecular weight is 438 g/mol. The third-order valence-electron chi connectivity index (χ3n) is 10.2. The maximum atomic E-state index is 12.9. The molecule has 1 nitrogen and oxygen atoms in total. The molecular formula is C25H41BrO. The molecule has 4 saturated carbocycles. The monoisotopic (exact) mass is 436 g/mol. The lowest BCUT2D eigenvalue weighted by Crippen LogP contribution is -2.54. The highest BCUT2D eigenvalue weighted by Gasteiger charge is 2.58. The number of Topliss-reactive ketones (excluding diaryl/α,β-unsaturated/α-hetero) is 1. The Hall–Kier alpha value is 0.150. The molecule has 0 heterocycles. The van der Waals surface area contributed by atoms with Crippen LogP contribution in [0.25, 0.3) is 0 Å². The summed E-state index contributed by atoms with van der Waals surface area (Å²) in [5.41, 5.74) is 0.847. The van der Waals surface area contributed by atoms with E-state index < -0.39 is 0 Å². The minimum Gasteiger partial charge on any atom is -0.298 e. The number of ketones is 1. The molecule has 0 aromatic rings. The van der Waals surface area contributed by atoms with Crippen LogP contribution in [-0.2, 0) is 4.79 Å².